The summed E-state index contributed by atoms with van der Waals surface area (Å²) in [4.78, 5) is 10.4. The van der Waals surface area contributed by atoms with Gasteiger partial charge in [0.25, 0.3) is 0 Å². The lowest BCUT2D eigenvalue weighted by Gasteiger charge is -2.16. The molecule has 94 valence electrons. The van der Waals surface area contributed by atoms with Crippen molar-refractivity contribution in [1.82, 2.24) is 5.32 Å². The van der Waals surface area contributed by atoms with Gasteiger partial charge in [-0.25, -0.2) is 0 Å². The third kappa shape index (κ3) is 5.71. The van der Waals surface area contributed by atoms with Crippen molar-refractivity contribution >= 4 is 17.6 Å². The molecule has 1 rings (SSSR count). The van der Waals surface area contributed by atoms with Crippen LogP contribution < -0.4 is 5.32 Å². The molecule has 0 saturated carbocycles. The molecule has 0 aliphatic carbocycles. The monoisotopic (exact) mass is 255 g/mol. The van der Waals surface area contributed by atoms with Crippen LogP contribution in [0.1, 0.15) is 25.3 Å². The Morgan fingerprint density at radius 3 is 2.59 bits per heavy atom. The summed E-state index contributed by atoms with van der Waals surface area (Å²) >= 11 is 5.82. The van der Waals surface area contributed by atoms with E-state index in [-0.39, 0.29) is 6.42 Å². The molecule has 0 saturated heterocycles. The largest absolute Gasteiger partial charge is 0.481 e. The van der Waals surface area contributed by atoms with E-state index in [1.807, 2.05) is 24.3 Å². The third-order valence-electron chi connectivity index (χ3n) is 2.66. The van der Waals surface area contributed by atoms with Crippen molar-refractivity contribution in [1.29, 1.82) is 0 Å². The molecule has 0 amide bonds. The first kappa shape index (κ1) is 14.0. The number of halogens is 1. The minimum absolute atomic E-state index is 0.164. The van der Waals surface area contributed by atoms with Crippen LogP contribution in [-0.2, 0) is 11.2 Å². The minimum atomic E-state index is -0.765. The van der Waals surface area contributed by atoms with Gasteiger partial charge in [0.05, 0.1) is 6.42 Å². The van der Waals surface area contributed by atoms with Crippen LogP contribution in [0.2, 0.25) is 5.02 Å². The Balaban J connectivity index is 2.40. The highest BCUT2D eigenvalue weighted by atomic mass is 35.5. The molecular formula is C13H18ClNO2. The number of hydrogen-bond acceptors (Lipinski definition) is 2. The van der Waals surface area contributed by atoms with Gasteiger partial charge in [-0.2, -0.15) is 0 Å². The summed E-state index contributed by atoms with van der Waals surface area (Å²) in [5, 5.41) is 12.6. The molecule has 1 atom stereocenters. The van der Waals surface area contributed by atoms with Crippen molar-refractivity contribution in [2.75, 3.05) is 6.54 Å². The molecule has 4 heteroatoms. The van der Waals surface area contributed by atoms with Gasteiger partial charge in [0.15, 0.2) is 0 Å². The molecule has 17 heavy (non-hydrogen) atoms. The summed E-state index contributed by atoms with van der Waals surface area (Å²) in [5.41, 5.74) is 1.21. The van der Waals surface area contributed by atoms with Crippen molar-refractivity contribution in [2.45, 2.75) is 32.2 Å². The van der Waals surface area contributed by atoms with E-state index < -0.39 is 5.97 Å². The Bertz CT molecular complexity index is 351. The molecule has 0 fully saturated rings. The maximum atomic E-state index is 10.4. The molecule has 0 aliphatic rings. The van der Waals surface area contributed by atoms with Crippen LogP contribution >= 0.6 is 11.6 Å². The standard InChI is InChI=1S/C13H18ClNO2/c1-2-12(15-8-7-13(16)17)9-10-3-5-11(14)6-4-10/h3-6,12,15H,2,7-9H2,1H3,(H,16,17). The van der Waals surface area contributed by atoms with Gasteiger partial charge in [-0.05, 0) is 30.5 Å². The summed E-state index contributed by atoms with van der Waals surface area (Å²) in [5.74, 6) is -0.765. The van der Waals surface area contributed by atoms with Crippen molar-refractivity contribution in [3.63, 3.8) is 0 Å². The zero-order valence-corrected chi connectivity index (χ0v) is 10.7. The lowest BCUT2D eigenvalue weighted by Crippen LogP contribution is -2.32. The minimum Gasteiger partial charge on any atom is -0.481 e. The van der Waals surface area contributed by atoms with Gasteiger partial charge in [0.1, 0.15) is 0 Å². The van der Waals surface area contributed by atoms with Gasteiger partial charge in [-0.15, -0.1) is 0 Å². The van der Waals surface area contributed by atoms with Gasteiger partial charge in [0, 0.05) is 17.6 Å². The second-order valence-electron chi connectivity index (χ2n) is 4.03. The Morgan fingerprint density at radius 2 is 2.06 bits per heavy atom. The molecule has 1 aromatic carbocycles. The Labute approximate surface area is 107 Å². The third-order valence-corrected chi connectivity index (χ3v) is 2.91. The lowest BCUT2D eigenvalue weighted by molar-refractivity contribution is -0.136. The Kier molecular flexibility index (Phi) is 6.01. The van der Waals surface area contributed by atoms with Crippen LogP contribution in [0.4, 0.5) is 0 Å². The van der Waals surface area contributed by atoms with Gasteiger partial charge in [-0.1, -0.05) is 30.7 Å². The molecule has 1 aromatic rings. The predicted octanol–water partition coefficient (Wildman–Crippen LogP) is 2.73. The number of hydrogen-bond donors (Lipinski definition) is 2. The first-order chi connectivity index (χ1) is 8.11. The van der Waals surface area contributed by atoms with E-state index in [9.17, 15) is 4.79 Å². The number of benzene rings is 1. The maximum absolute atomic E-state index is 10.4. The van der Waals surface area contributed by atoms with E-state index in [0.29, 0.717) is 12.6 Å². The number of carbonyl (C=O) groups is 1. The van der Waals surface area contributed by atoms with Crippen molar-refractivity contribution < 1.29 is 9.90 Å². The van der Waals surface area contributed by atoms with Gasteiger partial charge in [0.2, 0.25) is 0 Å². The zero-order chi connectivity index (χ0) is 12.7. The second kappa shape index (κ2) is 7.30. The zero-order valence-electron chi connectivity index (χ0n) is 9.95. The molecule has 0 aromatic heterocycles. The molecule has 1 unspecified atom stereocenters. The summed E-state index contributed by atoms with van der Waals surface area (Å²) in [6, 6.07) is 8.07. The summed E-state index contributed by atoms with van der Waals surface area (Å²) in [6.45, 7) is 2.61. The van der Waals surface area contributed by atoms with Crippen LogP contribution in [0, 0.1) is 0 Å². The molecule has 0 spiro atoms. The molecular weight excluding hydrogens is 238 g/mol. The normalized spacial score (nSPS) is 12.4. The molecule has 0 radical (unpaired) electrons. The van der Waals surface area contributed by atoms with Gasteiger partial charge in [-0.3, -0.25) is 4.79 Å². The Morgan fingerprint density at radius 1 is 1.41 bits per heavy atom. The van der Waals surface area contributed by atoms with Gasteiger partial charge < -0.3 is 10.4 Å². The fourth-order valence-electron chi connectivity index (χ4n) is 1.65. The van der Waals surface area contributed by atoms with E-state index in [1.54, 1.807) is 0 Å². The van der Waals surface area contributed by atoms with E-state index in [2.05, 4.69) is 12.2 Å². The highest BCUT2D eigenvalue weighted by Gasteiger charge is 2.07. The van der Waals surface area contributed by atoms with Crippen LogP contribution in [0.5, 0.6) is 0 Å². The van der Waals surface area contributed by atoms with Crippen molar-refractivity contribution in [3.05, 3.63) is 34.9 Å². The smallest absolute Gasteiger partial charge is 0.304 e. The number of nitrogens with one attached hydrogen (secondary N) is 1. The number of carboxylic acid groups (broad SMARTS) is 1. The number of aliphatic carboxylic acids is 1. The number of rotatable bonds is 7. The summed E-state index contributed by atoms with van der Waals surface area (Å²) in [7, 11) is 0. The lowest BCUT2D eigenvalue weighted by atomic mass is 10.0. The maximum Gasteiger partial charge on any atom is 0.304 e. The van der Waals surface area contributed by atoms with E-state index >= 15 is 0 Å². The summed E-state index contributed by atoms with van der Waals surface area (Å²) in [6.07, 6.45) is 2.03. The van der Waals surface area contributed by atoms with E-state index in [1.165, 1.54) is 5.56 Å². The highest BCUT2D eigenvalue weighted by Crippen LogP contribution is 2.12. The van der Waals surface area contributed by atoms with Crippen LogP contribution in [0.15, 0.2) is 24.3 Å². The number of carboxylic acids is 1. The van der Waals surface area contributed by atoms with E-state index in [0.717, 1.165) is 17.9 Å². The van der Waals surface area contributed by atoms with Crippen LogP contribution in [-0.4, -0.2) is 23.7 Å². The van der Waals surface area contributed by atoms with Crippen LogP contribution in [0.25, 0.3) is 0 Å². The fraction of sp³-hybridized carbons (Fsp3) is 0.462. The first-order valence-electron chi connectivity index (χ1n) is 5.81. The average molecular weight is 256 g/mol. The van der Waals surface area contributed by atoms with Gasteiger partial charge >= 0.3 is 5.97 Å². The molecule has 2 N–H and O–H groups in total. The van der Waals surface area contributed by atoms with Crippen molar-refractivity contribution in [3.8, 4) is 0 Å². The predicted molar refractivity (Wildman–Crippen MR) is 69.5 cm³/mol. The Hall–Kier alpha value is -1.06. The fourth-order valence-corrected chi connectivity index (χ4v) is 1.78. The molecule has 0 bridgehead atoms. The van der Waals surface area contributed by atoms with Crippen LogP contribution in [0.3, 0.4) is 0 Å². The molecule has 0 aliphatic heterocycles. The quantitative estimate of drug-likeness (QED) is 0.788. The molecule has 3 nitrogen and oxygen atoms in total. The topological polar surface area (TPSA) is 49.3 Å². The van der Waals surface area contributed by atoms with Crippen molar-refractivity contribution in [2.24, 2.45) is 0 Å². The molecule has 0 heterocycles. The van der Waals surface area contributed by atoms with E-state index in [4.69, 9.17) is 16.7 Å². The first-order valence-corrected chi connectivity index (χ1v) is 6.19. The summed E-state index contributed by atoms with van der Waals surface area (Å²) < 4.78 is 0. The highest BCUT2D eigenvalue weighted by molar-refractivity contribution is 6.30. The second-order valence-corrected chi connectivity index (χ2v) is 4.47. The SMILES string of the molecule is CCC(Cc1ccc(Cl)cc1)NCCC(=O)O. The average Bonchev–Trinajstić information content (AvgIpc) is 2.30.